The maximum Gasteiger partial charge on any atom is 0.170 e. The van der Waals surface area contributed by atoms with Gasteiger partial charge in [-0.15, -0.1) is 0 Å². The number of rotatable bonds is 0. The molecule has 0 fully saturated rings. The fourth-order valence-corrected chi connectivity index (χ4v) is 0.694. The third-order valence-electron chi connectivity index (χ3n) is 1.22. The molecule has 4 N–H and O–H groups in total. The second kappa shape index (κ2) is 1.92. The molecule has 0 aliphatic carbocycles. The number of nitrogens with two attached hydrogens (primary N) is 2. The Morgan fingerprint density at radius 2 is 2.20 bits per heavy atom. The number of nitrogen functional groups attached to an aromatic ring is 2. The van der Waals surface area contributed by atoms with E-state index in [9.17, 15) is 0 Å². The Hall–Kier alpha value is -1.70. The molecule has 0 aliphatic heterocycles. The van der Waals surface area contributed by atoms with Crippen molar-refractivity contribution in [1.82, 2.24) is 9.78 Å². The Bertz CT molecular complexity index is 292. The van der Waals surface area contributed by atoms with Crippen LogP contribution >= 0.6 is 0 Å². The van der Waals surface area contributed by atoms with Gasteiger partial charge in [0.15, 0.2) is 11.5 Å². The van der Waals surface area contributed by atoms with E-state index in [0.29, 0.717) is 5.69 Å². The lowest BCUT2D eigenvalue weighted by atomic mass is 10.4. The molecule has 1 rings (SSSR count). The topological polar surface area (TPSA) is 93.7 Å². The van der Waals surface area contributed by atoms with Gasteiger partial charge >= 0.3 is 0 Å². The maximum atomic E-state index is 8.47. The minimum absolute atomic E-state index is 0.207. The molecule has 0 spiro atoms. The summed E-state index contributed by atoms with van der Waals surface area (Å²) in [4.78, 5) is 0. The molecule has 0 radical (unpaired) electrons. The highest BCUT2D eigenvalue weighted by Gasteiger charge is 2.08. The molecule has 0 aromatic carbocycles. The van der Waals surface area contributed by atoms with Gasteiger partial charge in [-0.2, -0.15) is 10.4 Å². The molecule has 0 amide bonds. The van der Waals surface area contributed by atoms with Crippen LogP contribution in [0, 0.1) is 11.3 Å². The van der Waals surface area contributed by atoms with Crippen LogP contribution < -0.4 is 11.5 Å². The number of anilines is 2. The monoisotopic (exact) mass is 137 g/mol. The second-order valence-corrected chi connectivity index (χ2v) is 1.88. The zero-order valence-electron chi connectivity index (χ0n) is 5.50. The number of nitriles is 1. The molecule has 0 saturated carbocycles. The third-order valence-corrected chi connectivity index (χ3v) is 1.22. The summed E-state index contributed by atoms with van der Waals surface area (Å²) >= 11 is 0. The first-order valence-corrected chi connectivity index (χ1v) is 2.65. The van der Waals surface area contributed by atoms with Crippen molar-refractivity contribution in [2.24, 2.45) is 7.05 Å². The summed E-state index contributed by atoms with van der Waals surface area (Å²) in [6.45, 7) is 0. The quantitative estimate of drug-likeness (QED) is 0.502. The molecule has 52 valence electrons. The van der Waals surface area contributed by atoms with Gasteiger partial charge in [0, 0.05) is 7.05 Å². The summed E-state index contributed by atoms with van der Waals surface area (Å²) in [5, 5.41) is 12.2. The minimum Gasteiger partial charge on any atom is -0.393 e. The van der Waals surface area contributed by atoms with E-state index in [1.165, 1.54) is 4.68 Å². The molecule has 0 bridgehead atoms. The standard InChI is InChI=1S/C5H7N5/c1-10-3(2-6)4(7)5(8)9-10/h7H2,1H3,(H2,8,9). The summed E-state index contributed by atoms with van der Waals surface area (Å²) in [5.41, 5.74) is 11.2. The predicted molar refractivity (Wildman–Crippen MR) is 36.7 cm³/mol. The van der Waals surface area contributed by atoms with Crippen molar-refractivity contribution < 1.29 is 0 Å². The molecule has 1 aromatic heterocycles. The zero-order valence-corrected chi connectivity index (χ0v) is 5.50. The van der Waals surface area contributed by atoms with E-state index in [2.05, 4.69) is 5.10 Å². The van der Waals surface area contributed by atoms with Crippen LogP contribution in [-0.2, 0) is 7.05 Å². The molecule has 0 saturated heterocycles. The number of aromatic nitrogens is 2. The molecule has 1 aromatic rings. The van der Waals surface area contributed by atoms with E-state index < -0.39 is 0 Å². The smallest absolute Gasteiger partial charge is 0.170 e. The lowest BCUT2D eigenvalue weighted by Gasteiger charge is -1.87. The van der Waals surface area contributed by atoms with Crippen molar-refractivity contribution in [3.63, 3.8) is 0 Å². The molecular weight excluding hydrogens is 130 g/mol. The summed E-state index contributed by atoms with van der Waals surface area (Å²) < 4.78 is 1.35. The zero-order chi connectivity index (χ0) is 7.72. The van der Waals surface area contributed by atoms with E-state index in [1.54, 1.807) is 7.05 Å². The van der Waals surface area contributed by atoms with Gasteiger partial charge in [-0.05, 0) is 0 Å². The normalized spacial score (nSPS) is 9.20. The van der Waals surface area contributed by atoms with E-state index in [1.807, 2.05) is 6.07 Å². The highest BCUT2D eigenvalue weighted by molar-refractivity contribution is 5.65. The first-order valence-electron chi connectivity index (χ1n) is 2.65. The Balaban J connectivity index is 3.37. The first-order chi connectivity index (χ1) is 4.66. The van der Waals surface area contributed by atoms with Gasteiger partial charge in [-0.1, -0.05) is 0 Å². The summed E-state index contributed by atoms with van der Waals surface area (Å²) in [7, 11) is 1.62. The van der Waals surface area contributed by atoms with Gasteiger partial charge in [0.25, 0.3) is 0 Å². The van der Waals surface area contributed by atoms with Gasteiger partial charge in [0.2, 0.25) is 0 Å². The predicted octanol–water partition coefficient (Wildman–Crippen LogP) is -0.544. The molecular formula is C5H7N5. The van der Waals surface area contributed by atoms with Crippen molar-refractivity contribution in [2.45, 2.75) is 0 Å². The largest absolute Gasteiger partial charge is 0.393 e. The average molecular weight is 137 g/mol. The fraction of sp³-hybridized carbons (Fsp3) is 0.200. The van der Waals surface area contributed by atoms with Gasteiger partial charge in [0.1, 0.15) is 11.8 Å². The lowest BCUT2D eigenvalue weighted by molar-refractivity contribution is 0.760. The van der Waals surface area contributed by atoms with E-state index in [0.717, 1.165) is 0 Å². The van der Waals surface area contributed by atoms with Crippen molar-refractivity contribution in [1.29, 1.82) is 5.26 Å². The molecule has 0 unspecified atom stereocenters. The van der Waals surface area contributed by atoms with Crippen molar-refractivity contribution in [2.75, 3.05) is 11.5 Å². The fourth-order valence-electron chi connectivity index (χ4n) is 0.694. The van der Waals surface area contributed by atoms with Crippen molar-refractivity contribution in [3.05, 3.63) is 5.69 Å². The lowest BCUT2D eigenvalue weighted by Crippen LogP contribution is -1.95. The number of nitrogens with zero attached hydrogens (tertiary/aromatic N) is 3. The molecule has 0 aliphatic rings. The van der Waals surface area contributed by atoms with Gasteiger partial charge < -0.3 is 11.5 Å². The Kier molecular flexibility index (Phi) is 1.23. The molecule has 0 atom stereocenters. The Morgan fingerprint density at radius 1 is 1.60 bits per heavy atom. The Morgan fingerprint density at radius 3 is 2.40 bits per heavy atom. The van der Waals surface area contributed by atoms with Crippen molar-refractivity contribution in [3.8, 4) is 6.07 Å². The van der Waals surface area contributed by atoms with Crippen LogP contribution in [0.4, 0.5) is 11.5 Å². The molecule has 1 heterocycles. The van der Waals surface area contributed by atoms with Crippen LogP contribution in [0.2, 0.25) is 0 Å². The number of aryl methyl sites for hydroxylation is 1. The molecule has 10 heavy (non-hydrogen) atoms. The highest BCUT2D eigenvalue weighted by Crippen LogP contribution is 2.15. The van der Waals surface area contributed by atoms with E-state index in [-0.39, 0.29) is 11.5 Å². The number of hydrogen-bond acceptors (Lipinski definition) is 4. The van der Waals surface area contributed by atoms with Crippen LogP contribution in [0.3, 0.4) is 0 Å². The SMILES string of the molecule is Cn1nc(N)c(N)c1C#N. The van der Waals surface area contributed by atoms with E-state index in [4.69, 9.17) is 16.7 Å². The average Bonchev–Trinajstić information content (AvgIpc) is 2.09. The van der Waals surface area contributed by atoms with E-state index >= 15 is 0 Å². The van der Waals surface area contributed by atoms with Gasteiger partial charge in [0.05, 0.1) is 0 Å². The maximum absolute atomic E-state index is 8.47. The van der Waals surface area contributed by atoms with Crippen molar-refractivity contribution >= 4 is 11.5 Å². The summed E-state index contributed by atoms with van der Waals surface area (Å²) in [6.07, 6.45) is 0. The van der Waals surface area contributed by atoms with Crippen LogP contribution in [0.5, 0.6) is 0 Å². The highest BCUT2D eigenvalue weighted by atomic mass is 15.3. The van der Waals surface area contributed by atoms with Gasteiger partial charge in [-0.25, -0.2) is 0 Å². The Labute approximate surface area is 57.8 Å². The van der Waals surface area contributed by atoms with Gasteiger partial charge in [-0.3, -0.25) is 4.68 Å². The number of hydrogen-bond donors (Lipinski definition) is 2. The van der Waals surface area contributed by atoms with Crippen LogP contribution in [-0.4, -0.2) is 9.78 Å². The summed E-state index contributed by atoms with van der Waals surface area (Å²) in [5.74, 6) is 0.207. The van der Waals surface area contributed by atoms with Crippen LogP contribution in [0.25, 0.3) is 0 Å². The summed E-state index contributed by atoms with van der Waals surface area (Å²) in [6, 6.07) is 1.88. The molecule has 5 heteroatoms. The van der Waals surface area contributed by atoms with Crippen LogP contribution in [0.1, 0.15) is 5.69 Å². The molecule has 5 nitrogen and oxygen atoms in total. The third kappa shape index (κ3) is 0.666. The first kappa shape index (κ1) is 6.42. The van der Waals surface area contributed by atoms with Crippen LogP contribution in [0.15, 0.2) is 0 Å². The minimum atomic E-state index is 0.207. The second-order valence-electron chi connectivity index (χ2n) is 1.88.